The highest BCUT2D eigenvalue weighted by molar-refractivity contribution is 6.04. The van der Waals surface area contributed by atoms with E-state index in [9.17, 15) is 22.8 Å². The van der Waals surface area contributed by atoms with Gasteiger partial charge in [-0.05, 0) is 62.3 Å². The molecule has 1 saturated heterocycles. The lowest BCUT2D eigenvalue weighted by Gasteiger charge is -2.32. The second-order valence-electron chi connectivity index (χ2n) is 9.88. The van der Waals surface area contributed by atoms with Crippen molar-refractivity contribution in [3.05, 3.63) is 48.4 Å². The average molecular weight is 489 g/mol. The number of amides is 2. The number of fused-ring (bicyclic) bond motifs is 1. The predicted molar refractivity (Wildman–Crippen MR) is 121 cm³/mol. The zero-order valence-electron chi connectivity index (χ0n) is 19.1. The average Bonchev–Trinajstić information content (AvgIpc) is 3.41. The molecule has 2 aliphatic carbocycles. The van der Waals surface area contributed by atoms with Gasteiger partial charge in [0.1, 0.15) is 5.82 Å². The predicted octanol–water partition coefficient (Wildman–Crippen LogP) is 4.32. The van der Waals surface area contributed by atoms with E-state index in [1.807, 2.05) is 0 Å². The molecule has 2 unspecified atom stereocenters. The van der Waals surface area contributed by atoms with Gasteiger partial charge in [0.15, 0.2) is 11.4 Å². The Morgan fingerprint density at radius 3 is 2.57 bits per heavy atom. The standard InChI is InChI=1S/C25H27F3N4O3/c26-25(27,28)17-8-6-16(7-9-17)23(34)32-13-18-12-24(18,14-32)15-35-19-4-3-11-30-21(19)22(33)31-20-5-1-2-10-29-20/h1-5,10-11,16-18H,6-9,12-15H2,(H,29,31,33). The summed E-state index contributed by atoms with van der Waals surface area (Å²) in [5.41, 5.74) is -0.0252. The van der Waals surface area contributed by atoms with Gasteiger partial charge in [0.25, 0.3) is 5.91 Å². The SMILES string of the molecule is O=C(Nc1ccccn1)c1ncccc1OCC12CC1CN(C(=O)C1CCC(C(F)(F)F)CC1)C2. The summed E-state index contributed by atoms with van der Waals surface area (Å²) in [4.78, 5) is 35.8. The fourth-order valence-electron chi connectivity index (χ4n) is 5.42. The fourth-order valence-corrected chi connectivity index (χ4v) is 5.42. The molecule has 10 heteroatoms. The molecule has 3 fully saturated rings. The van der Waals surface area contributed by atoms with E-state index in [2.05, 4.69) is 15.3 Å². The number of carbonyl (C=O) groups is 2. The molecule has 2 aromatic heterocycles. The van der Waals surface area contributed by atoms with Gasteiger partial charge in [0, 0.05) is 36.8 Å². The minimum Gasteiger partial charge on any atom is -0.490 e. The highest BCUT2D eigenvalue weighted by Gasteiger charge is 2.61. The highest BCUT2D eigenvalue weighted by Crippen LogP contribution is 2.58. The number of aromatic nitrogens is 2. The van der Waals surface area contributed by atoms with Crippen LogP contribution in [-0.4, -0.2) is 52.6 Å². The van der Waals surface area contributed by atoms with Crippen molar-refractivity contribution in [2.45, 2.75) is 38.3 Å². The Balaban J connectivity index is 1.17. The van der Waals surface area contributed by atoms with Gasteiger partial charge in [0.05, 0.1) is 12.5 Å². The minimum absolute atomic E-state index is 0.0236. The maximum absolute atomic E-state index is 13.0. The number of nitrogens with one attached hydrogen (secondary N) is 1. The lowest BCUT2D eigenvalue weighted by atomic mass is 9.81. The zero-order chi connectivity index (χ0) is 24.6. The number of piperidine rings is 1. The normalized spacial score (nSPS) is 27.7. The van der Waals surface area contributed by atoms with E-state index in [0.29, 0.717) is 37.2 Å². The third-order valence-electron chi connectivity index (χ3n) is 7.56. The molecule has 2 aromatic rings. The van der Waals surface area contributed by atoms with Crippen molar-refractivity contribution < 1.29 is 27.5 Å². The Labute approximate surface area is 201 Å². The monoisotopic (exact) mass is 488 g/mol. The summed E-state index contributed by atoms with van der Waals surface area (Å²) in [5.74, 6) is -1.01. The van der Waals surface area contributed by atoms with Crippen LogP contribution in [0.2, 0.25) is 0 Å². The first-order chi connectivity index (χ1) is 16.7. The van der Waals surface area contributed by atoms with Crippen molar-refractivity contribution in [2.75, 3.05) is 25.0 Å². The van der Waals surface area contributed by atoms with E-state index in [4.69, 9.17) is 4.74 Å². The minimum atomic E-state index is -4.18. The molecule has 3 heterocycles. The number of alkyl halides is 3. The summed E-state index contributed by atoms with van der Waals surface area (Å²) in [7, 11) is 0. The van der Waals surface area contributed by atoms with E-state index >= 15 is 0 Å². The lowest BCUT2D eigenvalue weighted by molar-refractivity contribution is -0.185. The van der Waals surface area contributed by atoms with Gasteiger partial charge < -0.3 is 15.0 Å². The van der Waals surface area contributed by atoms with E-state index < -0.39 is 18.0 Å². The number of halogens is 3. The number of ether oxygens (including phenoxy) is 1. The zero-order valence-corrected chi connectivity index (χ0v) is 19.1. The van der Waals surface area contributed by atoms with Crippen LogP contribution in [0.5, 0.6) is 5.75 Å². The van der Waals surface area contributed by atoms with Gasteiger partial charge in [-0.3, -0.25) is 9.59 Å². The first-order valence-electron chi connectivity index (χ1n) is 11.9. The second-order valence-corrected chi connectivity index (χ2v) is 9.88. The van der Waals surface area contributed by atoms with Crippen LogP contribution < -0.4 is 10.1 Å². The molecule has 1 N–H and O–H groups in total. The molecule has 0 aromatic carbocycles. The number of hydrogen-bond acceptors (Lipinski definition) is 5. The third-order valence-corrected chi connectivity index (χ3v) is 7.56. The van der Waals surface area contributed by atoms with Crippen molar-refractivity contribution in [1.29, 1.82) is 0 Å². The van der Waals surface area contributed by atoms with Crippen molar-refractivity contribution >= 4 is 17.6 Å². The number of rotatable bonds is 6. The number of pyridine rings is 2. The van der Waals surface area contributed by atoms with Crippen LogP contribution >= 0.6 is 0 Å². The fraction of sp³-hybridized carbons (Fsp3) is 0.520. The van der Waals surface area contributed by atoms with Crippen LogP contribution in [-0.2, 0) is 4.79 Å². The molecule has 0 radical (unpaired) electrons. The Hall–Kier alpha value is -3.17. The molecular formula is C25H27F3N4O3. The molecule has 7 nitrogen and oxygen atoms in total. The summed E-state index contributed by atoms with van der Waals surface area (Å²) in [5, 5.41) is 2.70. The van der Waals surface area contributed by atoms with Crippen molar-refractivity contribution in [3.8, 4) is 5.75 Å². The van der Waals surface area contributed by atoms with Gasteiger partial charge in [0.2, 0.25) is 5.91 Å². The van der Waals surface area contributed by atoms with E-state index in [1.54, 1.807) is 41.4 Å². The van der Waals surface area contributed by atoms with Gasteiger partial charge in [-0.15, -0.1) is 0 Å². The molecule has 1 aliphatic heterocycles. The molecule has 3 aliphatic rings. The Morgan fingerprint density at radius 2 is 1.86 bits per heavy atom. The molecule has 5 rings (SSSR count). The van der Waals surface area contributed by atoms with Crippen molar-refractivity contribution in [3.63, 3.8) is 0 Å². The number of nitrogens with zero attached hydrogens (tertiary/aromatic N) is 3. The molecule has 2 saturated carbocycles. The lowest BCUT2D eigenvalue weighted by Crippen LogP contribution is -2.40. The molecule has 2 amide bonds. The molecular weight excluding hydrogens is 461 g/mol. The quantitative estimate of drug-likeness (QED) is 0.655. The highest BCUT2D eigenvalue weighted by atomic mass is 19.4. The van der Waals surface area contributed by atoms with Crippen molar-refractivity contribution in [1.82, 2.24) is 14.9 Å². The van der Waals surface area contributed by atoms with Crippen LogP contribution in [0.3, 0.4) is 0 Å². The Kier molecular flexibility index (Phi) is 6.14. The Morgan fingerprint density at radius 1 is 1.09 bits per heavy atom. The molecule has 186 valence electrons. The van der Waals surface area contributed by atoms with Gasteiger partial charge >= 0.3 is 6.18 Å². The largest absolute Gasteiger partial charge is 0.490 e. The van der Waals surface area contributed by atoms with Gasteiger partial charge in [-0.2, -0.15) is 13.2 Å². The maximum Gasteiger partial charge on any atom is 0.391 e. The van der Waals surface area contributed by atoms with Gasteiger partial charge in [-0.1, -0.05) is 6.07 Å². The summed E-state index contributed by atoms with van der Waals surface area (Å²) >= 11 is 0. The number of anilines is 1. The maximum atomic E-state index is 13.0. The third kappa shape index (κ3) is 4.97. The second kappa shape index (κ2) is 9.13. The van der Waals surface area contributed by atoms with Gasteiger partial charge in [-0.25, -0.2) is 9.97 Å². The van der Waals surface area contributed by atoms with E-state index in [-0.39, 0.29) is 48.6 Å². The smallest absolute Gasteiger partial charge is 0.391 e. The van der Waals surface area contributed by atoms with Crippen LogP contribution in [0, 0.1) is 23.2 Å². The summed E-state index contributed by atoms with van der Waals surface area (Å²) in [6, 6.07) is 8.57. The molecule has 0 bridgehead atoms. The van der Waals surface area contributed by atoms with Crippen LogP contribution in [0.1, 0.15) is 42.6 Å². The molecule has 2 atom stereocenters. The molecule has 35 heavy (non-hydrogen) atoms. The molecule has 0 spiro atoms. The van der Waals surface area contributed by atoms with E-state index in [1.165, 1.54) is 6.20 Å². The first-order valence-corrected chi connectivity index (χ1v) is 11.9. The summed E-state index contributed by atoms with van der Waals surface area (Å²) < 4.78 is 44.9. The first kappa shape index (κ1) is 23.6. The van der Waals surface area contributed by atoms with E-state index in [0.717, 1.165) is 6.42 Å². The number of hydrogen-bond donors (Lipinski definition) is 1. The number of likely N-dealkylation sites (tertiary alicyclic amines) is 1. The summed E-state index contributed by atoms with van der Waals surface area (Å²) in [6.45, 7) is 1.49. The van der Waals surface area contributed by atoms with Crippen LogP contribution in [0.4, 0.5) is 19.0 Å². The van der Waals surface area contributed by atoms with Crippen LogP contribution in [0.25, 0.3) is 0 Å². The summed E-state index contributed by atoms with van der Waals surface area (Å²) in [6.07, 6.45) is 0.467. The number of carbonyl (C=O) groups excluding carboxylic acids is 2. The topological polar surface area (TPSA) is 84.4 Å². The van der Waals surface area contributed by atoms with Crippen molar-refractivity contribution in [2.24, 2.45) is 23.2 Å². The Bertz CT molecular complexity index is 1090. The van der Waals surface area contributed by atoms with Crippen LogP contribution in [0.15, 0.2) is 42.7 Å².